The van der Waals surface area contributed by atoms with Gasteiger partial charge in [-0.2, -0.15) is 10.4 Å². The van der Waals surface area contributed by atoms with E-state index in [1.807, 2.05) is 32.2 Å². The standard InChI is InChI=1S/C26H31N7/c1-16-19(12-27)7-5-9-21(16)17(2)29-26-22-11-25(28-13-23(22)18(3)30-31-26)33-14-20-8-6-10-32(4)24(20)15-33/h5,7,9,11,13,17,20,24H,6,8,10,14-15H2,1-4H3,(H,29,31)/t17-,20+,24-/m1/s1. The van der Waals surface area contributed by atoms with E-state index in [1.165, 1.54) is 19.4 Å². The van der Waals surface area contributed by atoms with Crippen LogP contribution in [0.15, 0.2) is 30.5 Å². The summed E-state index contributed by atoms with van der Waals surface area (Å²) in [7, 11) is 2.25. The highest BCUT2D eigenvalue weighted by Crippen LogP contribution is 2.34. The first kappa shape index (κ1) is 21.6. The number of fused-ring (bicyclic) bond motifs is 2. The Morgan fingerprint density at radius 1 is 1.18 bits per heavy atom. The Balaban J connectivity index is 1.47. The molecule has 33 heavy (non-hydrogen) atoms. The van der Waals surface area contributed by atoms with Crippen molar-refractivity contribution >= 4 is 22.4 Å². The van der Waals surface area contributed by atoms with Gasteiger partial charge >= 0.3 is 0 Å². The molecule has 2 saturated heterocycles. The first-order valence-corrected chi connectivity index (χ1v) is 11.8. The van der Waals surface area contributed by atoms with Gasteiger partial charge < -0.3 is 15.1 Å². The third-order valence-electron chi connectivity index (χ3n) is 7.53. The van der Waals surface area contributed by atoms with Crippen LogP contribution in [0.3, 0.4) is 0 Å². The zero-order chi connectivity index (χ0) is 23.1. The van der Waals surface area contributed by atoms with Gasteiger partial charge in [0, 0.05) is 36.1 Å². The average molecular weight is 442 g/mol. The molecule has 7 nitrogen and oxygen atoms in total. The van der Waals surface area contributed by atoms with Crippen molar-refractivity contribution in [2.75, 3.05) is 36.9 Å². The van der Waals surface area contributed by atoms with Gasteiger partial charge in [0.05, 0.1) is 23.4 Å². The van der Waals surface area contributed by atoms with Crippen molar-refractivity contribution in [2.24, 2.45) is 5.92 Å². The minimum Gasteiger partial charge on any atom is -0.362 e. The molecule has 0 saturated carbocycles. The van der Waals surface area contributed by atoms with Gasteiger partial charge in [0.25, 0.3) is 0 Å². The number of nitrogens with zero attached hydrogens (tertiary/aromatic N) is 6. The second-order valence-corrected chi connectivity index (χ2v) is 9.57. The maximum atomic E-state index is 9.41. The number of benzene rings is 1. The second-order valence-electron chi connectivity index (χ2n) is 9.57. The van der Waals surface area contributed by atoms with Crippen molar-refractivity contribution in [1.29, 1.82) is 5.26 Å². The molecule has 0 amide bonds. The molecule has 1 N–H and O–H groups in total. The third-order valence-corrected chi connectivity index (χ3v) is 7.53. The lowest BCUT2D eigenvalue weighted by Gasteiger charge is -2.33. The zero-order valence-corrected chi connectivity index (χ0v) is 19.8. The number of aryl methyl sites for hydroxylation is 1. The number of piperidine rings is 1. The Hall–Kier alpha value is -3.24. The van der Waals surface area contributed by atoms with Gasteiger partial charge in [0.1, 0.15) is 5.82 Å². The SMILES string of the molecule is Cc1c(C#N)cccc1[C@@H](C)Nc1nnc(C)c2cnc(N3C[C@@H]4CCCN(C)[C@@H]4C3)cc12. The molecular weight excluding hydrogens is 410 g/mol. The number of rotatable bonds is 4. The number of nitriles is 1. The normalized spacial score (nSPS) is 21.6. The Kier molecular flexibility index (Phi) is 5.63. The van der Waals surface area contributed by atoms with E-state index in [0.29, 0.717) is 17.5 Å². The minimum atomic E-state index is -0.0153. The Morgan fingerprint density at radius 2 is 2.03 bits per heavy atom. The van der Waals surface area contributed by atoms with Gasteiger partial charge in [-0.25, -0.2) is 4.98 Å². The second kappa shape index (κ2) is 8.60. The first-order valence-electron chi connectivity index (χ1n) is 11.8. The quantitative estimate of drug-likeness (QED) is 0.649. The molecule has 3 atom stereocenters. The maximum Gasteiger partial charge on any atom is 0.157 e. The van der Waals surface area contributed by atoms with E-state index in [9.17, 15) is 5.26 Å². The lowest BCUT2D eigenvalue weighted by atomic mass is 9.93. The fourth-order valence-corrected chi connectivity index (χ4v) is 5.56. The fourth-order valence-electron chi connectivity index (χ4n) is 5.56. The number of likely N-dealkylation sites (N-methyl/N-ethyl adjacent to an activating group) is 1. The summed E-state index contributed by atoms with van der Waals surface area (Å²) >= 11 is 0. The summed E-state index contributed by atoms with van der Waals surface area (Å²) in [5.74, 6) is 2.48. The smallest absolute Gasteiger partial charge is 0.157 e. The van der Waals surface area contributed by atoms with Crippen LogP contribution in [-0.4, -0.2) is 52.8 Å². The molecule has 2 aliphatic heterocycles. The van der Waals surface area contributed by atoms with Crippen molar-refractivity contribution in [3.63, 3.8) is 0 Å². The molecule has 2 aliphatic rings. The summed E-state index contributed by atoms with van der Waals surface area (Å²) in [5, 5.41) is 23.9. The molecule has 4 heterocycles. The van der Waals surface area contributed by atoms with E-state index in [1.54, 1.807) is 0 Å². The van der Waals surface area contributed by atoms with Gasteiger partial charge in [0.15, 0.2) is 5.82 Å². The van der Waals surface area contributed by atoms with Crippen LogP contribution in [0, 0.1) is 31.1 Å². The zero-order valence-electron chi connectivity index (χ0n) is 19.8. The number of nitrogens with one attached hydrogen (secondary N) is 1. The van der Waals surface area contributed by atoms with Crippen LogP contribution in [0.4, 0.5) is 11.6 Å². The summed E-state index contributed by atoms with van der Waals surface area (Å²) in [6, 6.07) is 10.9. The van der Waals surface area contributed by atoms with Crippen molar-refractivity contribution < 1.29 is 0 Å². The predicted octanol–water partition coefficient (Wildman–Crippen LogP) is 4.22. The van der Waals surface area contributed by atoms with Crippen LogP contribution in [0.25, 0.3) is 10.8 Å². The lowest BCUT2D eigenvalue weighted by molar-refractivity contribution is 0.158. The van der Waals surface area contributed by atoms with E-state index < -0.39 is 0 Å². The molecule has 0 bridgehead atoms. The monoisotopic (exact) mass is 441 g/mol. The van der Waals surface area contributed by atoms with Crippen molar-refractivity contribution in [2.45, 2.75) is 45.7 Å². The lowest BCUT2D eigenvalue weighted by Crippen LogP contribution is -2.42. The van der Waals surface area contributed by atoms with E-state index >= 15 is 0 Å². The molecule has 2 fully saturated rings. The van der Waals surface area contributed by atoms with E-state index in [0.717, 1.165) is 52.3 Å². The summed E-state index contributed by atoms with van der Waals surface area (Å²) < 4.78 is 0. The van der Waals surface area contributed by atoms with Crippen LogP contribution in [0.5, 0.6) is 0 Å². The van der Waals surface area contributed by atoms with E-state index in [-0.39, 0.29) is 6.04 Å². The van der Waals surface area contributed by atoms with E-state index in [2.05, 4.69) is 57.5 Å². The molecule has 0 spiro atoms. The molecule has 0 aliphatic carbocycles. The Labute approximate surface area is 195 Å². The van der Waals surface area contributed by atoms with Crippen molar-refractivity contribution in [3.8, 4) is 6.07 Å². The largest absolute Gasteiger partial charge is 0.362 e. The summed E-state index contributed by atoms with van der Waals surface area (Å²) in [6.07, 6.45) is 4.52. The molecule has 170 valence electrons. The fraction of sp³-hybridized carbons (Fsp3) is 0.462. The molecule has 3 aromatic rings. The molecule has 0 unspecified atom stereocenters. The van der Waals surface area contributed by atoms with Crippen LogP contribution in [0.1, 0.15) is 48.2 Å². The number of pyridine rings is 1. The number of anilines is 2. The highest BCUT2D eigenvalue weighted by molar-refractivity contribution is 5.94. The highest BCUT2D eigenvalue weighted by Gasteiger charge is 2.38. The maximum absolute atomic E-state index is 9.41. The van der Waals surface area contributed by atoms with Gasteiger partial charge in [-0.05, 0) is 76.4 Å². The summed E-state index contributed by atoms with van der Waals surface area (Å²) in [5.41, 5.74) is 3.66. The molecule has 1 aromatic carbocycles. The van der Waals surface area contributed by atoms with Crippen molar-refractivity contribution in [1.82, 2.24) is 20.1 Å². The number of aromatic nitrogens is 3. The first-order chi connectivity index (χ1) is 16.0. The Morgan fingerprint density at radius 3 is 2.82 bits per heavy atom. The molecule has 0 radical (unpaired) electrons. The topological polar surface area (TPSA) is 81.0 Å². The number of hydrogen-bond acceptors (Lipinski definition) is 7. The summed E-state index contributed by atoms with van der Waals surface area (Å²) in [4.78, 5) is 9.77. The van der Waals surface area contributed by atoms with E-state index in [4.69, 9.17) is 4.98 Å². The highest BCUT2D eigenvalue weighted by atomic mass is 15.3. The molecule has 5 rings (SSSR count). The molecular formula is C26H31N7. The van der Waals surface area contributed by atoms with Gasteiger partial charge in [0.2, 0.25) is 0 Å². The van der Waals surface area contributed by atoms with Crippen molar-refractivity contribution in [3.05, 3.63) is 52.8 Å². The third kappa shape index (κ3) is 3.89. The van der Waals surface area contributed by atoms with Crippen LogP contribution in [0.2, 0.25) is 0 Å². The van der Waals surface area contributed by atoms with Crippen LogP contribution in [-0.2, 0) is 0 Å². The molecule has 7 heteroatoms. The molecule has 2 aromatic heterocycles. The minimum absolute atomic E-state index is 0.0153. The average Bonchev–Trinajstić information content (AvgIpc) is 3.27. The van der Waals surface area contributed by atoms with Gasteiger partial charge in [-0.1, -0.05) is 12.1 Å². The number of hydrogen-bond donors (Lipinski definition) is 1. The Bertz CT molecular complexity index is 1230. The predicted molar refractivity (Wildman–Crippen MR) is 131 cm³/mol. The van der Waals surface area contributed by atoms with Gasteiger partial charge in [-0.15, -0.1) is 5.10 Å². The van der Waals surface area contributed by atoms with Gasteiger partial charge in [-0.3, -0.25) is 0 Å². The summed E-state index contributed by atoms with van der Waals surface area (Å²) in [6.45, 7) is 9.34. The number of likely N-dealkylation sites (tertiary alicyclic amines) is 1. The van der Waals surface area contributed by atoms with Crippen LogP contribution < -0.4 is 10.2 Å². The van der Waals surface area contributed by atoms with Crippen LogP contribution >= 0.6 is 0 Å².